The van der Waals surface area contributed by atoms with Crippen molar-refractivity contribution in [3.8, 4) is 0 Å². The molecule has 6 nitrogen and oxygen atoms in total. The summed E-state index contributed by atoms with van der Waals surface area (Å²) in [6.07, 6.45) is 14.9. The van der Waals surface area contributed by atoms with Crippen molar-refractivity contribution in [3.05, 3.63) is 53.6 Å². The van der Waals surface area contributed by atoms with E-state index in [1.54, 1.807) is 12.1 Å². The highest BCUT2D eigenvalue weighted by Crippen LogP contribution is 2.74. The number of carboxylic acid groups (broad SMARTS) is 1. The average molecular weight is 646 g/mol. The Morgan fingerprint density at radius 1 is 0.957 bits per heavy atom. The molecule has 47 heavy (non-hydrogen) atoms. The molecule has 7 unspecified atom stereocenters. The van der Waals surface area contributed by atoms with Crippen LogP contribution in [0.2, 0.25) is 0 Å². The van der Waals surface area contributed by atoms with Crippen LogP contribution in [0.1, 0.15) is 128 Å². The quantitative estimate of drug-likeness (QED) is 0.222. The molecule has 1 aromatic carbocycles. The number of nitrogens with zero attached hydrogens (tertiary/aromatic N) is 1. The van der Waals surface area contributed by atoms with E-state index in [-0.39, 0.29) is 33.2 Å². The number of carboxylic acids is 1. The van der Waals surface area contributed by atoms with Crippen LogP contribution in [0, 0.1) is 39.4 Å². The fourth-order valence-electron chi connectivity index (χ4n) is 11.6. The Bertz CT molecular complexity index is 1380. The van der Waals surface area contributed by atoms with E-state index in [9.17, 15) is 14.7 Å². The Kier molecular flexibility index (Phi) is 9.89. The maximum absolute atomic E-state index is 13.3. The van der Waals surface area contributed by atoms with Gasteiger partial charge in [0.15, 0.2) is 0 Å². The lowest BCUT2D eigenvalue weighted by Gasteiger charge is -2.71. The fourth-order valence-corrected chi connectivity index (χ4v) is 11.6. The highest BCUT2D eigenvalue weighted by atomic mass is 16.4. The lowest BCUT2D eigenvalue weighted by Crippen LogP contribution is -2.66. The van der Waals surface area contributed by atoms with Crippen molar-refractivity contribution in [3.63, 3.8) is 0 Å². The van der Waals surface area contributed by atoms with Gasteiger partial charge >= 0.3 is 12.0 Å². The Morgan fingerprint density at radius 3 is 2.30 bits per heavy atom. The van der Waals surface area contributed by atoms with E-state index in [1.807, 2.05) is 26.2 Å². The first-order valence-corrected chi connectivity index (χ1v) is 18.4. The van der Waals surface area contributed by atoms with Crippen molar-refractivity contribution in [2.24, 2.45) is 39.4 Å². The summed E-state index contributed by atoms with van der Waals surface area (Å²) in [5.41, 5.74) is 4.67. The molecule has 7 atom stereocenters. The van der Waals surface area contributed by atoms with Gasteiger partial charge in [-0.3, -0.25) is 0 Å². The number of aromatic carboxylic acids is 1. The van der Waals surface area contributed by atoms with Crippen molar-refractivity contribution in [2.45, 2.75) is 118 Å². The molecule has 0 heterocycles. The molecule has 0 spiro atoms. The van der Waals surface area contributed by atoms with Gasteiger partial charge in [-0.25, -0.2) is 9.59 Å². The number of allylic oxidation sites excluding steroid dienone is 3. The van der Waals surface area contributed by atoms with Crippen molar-refractivity contribution in [1.29, 1.82) is 0 Å². The van der Waals surface area contributed by atoms with Gasteiger partial charge in [-0.1, -0.05) is 58.4 Å². The average Bonchev–Trinajstić information content (AvgIpc) is 2.97. The number of carbonyl (C=O) groups excluding carboxylic acids is 1. The number of amides is 2. The first-order chi connectivity index (χ1) is 22.0. The predicted molar refractivity (Wildman–Crippen MR) is 193 cm³/mol. The number of hydrogen-bond acceptors (Lipinski definition) is 3. The summed E-state index contributed by atoms with van der Waals surface area (Å²) in [7, 11) is 4.08. The van der Waals surface area contributed by atoms with E-state index < -0.39 is 5.97 Å². The van der Waals surface area contributed by atoms with Gasteiger partial charge in [0.05, 0.1) is 5.56 Å². The third kappa shape index (κ3) is 6.45. The summed E-state index contributed by atoms with van der Waals surface area (Å²) in [4.78, 5) is 26.9. The molecule has 3 N–H and O–H groups in total. The number of rotatable bonds is 10. The van der Waals surface area contributed by atoms with E-state index in [4.69, 9.17) is 0 Å². The molecule has 0 aromatic heterocycles. The molecule has 0 radical (unpaired) electrons. The number of fused-ring (bicyclic) bond motifs is 5. The van der Waals surface area contributed by atoms with Crippen molar-refractivity contribution in [1.82, 2.24) is 15.5 Å². The van der Waals surface area contributed by atoms with E-state index in [0.717, 1.165) is 51.5 Å². The molecule has 2 amide bonds. The second kappa shape index (κ2) is 13.0. The molecule has 1 aromatic rings. The third-order valence-corrected chi connectivity index (χ3v) is 14.3. The summed E-state index contributed by atoms with van der Waals surface area (Å²) >= 11 is 0. The van der Waals surface area contributed by atoms with Crippen LogP contribution in [0.4, 0.5) is 4.79 Å². The van der Waals surface area contributed by atoms with Crippen molar-refractivity contribution < 1.29 is 14.7 Å². The van der Waals surface area contributed by atoms with Crippen LogP contribution in [0.5, 0.6) is 0 Å². The van der Waals surface area contributed by atoms with Gasteiger partial charge in [-0.05, 0) is 154 Å². The van der Waals surface area contributed by atoms with E-state index >= 15 is 0 Å². The topological polar surface area (TPSA) is 81.7 Å². The first-order valence-electron chi connectivity index (χ1n) is 18.4. The molecular weight excluding hydrogens is 582 g/mol. The standard InChI is InChI=1S/C41H63N3O3/c1-28(2)11-10-20-41(43-36(47)42-25-26-44(8)9)24-23-39(6)31(27-41)16-17-34-38(5)21-18-32(29-12-14-30(15-13-29)35(45)46)37(3,4)33(38)19-22-40(34,39)7/h12-15,18,31,33-34H,1,10-11,16-17,19-27H2,2-9H3,(H,45,46)(H2,42,43,47). The predicted octanol–water partition coefficient (Wildman–Crippen LogP) is 9.18. The molecule has 4 aliphatic carbocycles. The highest BCUT2D eigenvalue weighted by Gasteiger charge is 2.67. The van der Waals surface area contributed by atoms with Gasteiger partial charge < -0.3 is 20.6 Å². The van der Waals surface area contributed by atoms with Gasteiger partial charge in [0.1, 0.15) is 0 Å². The maximum atomic E-state index is 13.3. The van der Waals surface area contributed by atoms with Crippen LogP contribution < -0.4 is 10.6 Å². The molecule has 0 aliphatic heterocycles. The summed E-state index contributed by atoms with van der Waals surface area (Å²) in [5.74, 6) is 0.951. The smallest absolute Gasteiger partial charge is 0.335 e. The molecular formula is C41H63N3O3. The summed E-state index contributed by atoms with van der Waals surface area (Å²) in [6.45, 7) is 20.5. The third-order valence-electron chi connectivity index (χ3n) is 14.3. The molecule has 6 heteroatoms. The van der Waals surface area contributed by atoms with E-state index in [0.29, 0.717) is 29.9 Å². The highest BCUT2D eigenvalue weighted by molar-refractivity contribution is 5.88. The number of nitrogens with one attached hydrogen (secondary N) is 2. The lowest BCUT2D eigenvalue weighted by atomic mass is 9.34. The van der Waals surface area contributed by atoms with Gasteiger partial charge in [0.2, 0.25) is 0 Å². The van der Waals surface area contributed by atoms with Gasteiger partial charge in [0, 0.05) is 18.6 Å². The fraction of sp³-hybridized carbons (Fsp3) is 0.707. The monoisotopic (exact) mass is 645 g/mol. The zero-order chi connectivity index (χ0) is 34.4. The first kappa shape index (κ1) is 35.7. The Hall–Kier alpha value is -2.60. The van der Waals surface area contributed by atoms with Crippen LogP contribution in [-0.4, -0.2) is 54.7 Å². The molecule has 3 fully saturated rings. The van der Waals surface area contributed by atoms with E-state index in [1.165, 1.54) is 42.4 Å². The molecule has 0 saturated heterocycles. The van der Waals surface area contributed by atoms with Crippen molar-refractivity contribution >= 4 is 17.6 Å². The molecule has 260 valence electrons. The Balaban J connectivity index is 1.38. The molecule has 4 aliphatic rings. The largest absolute Gasteiger partial charge is 0.478 e. The minimum Gasteiger partial charge on any atom is -0.478 e. The maximum Gasteiger partial charge on any atom is 0.335 e. The normalized spacial score (nSPS) is 35.9. The minimum absolute atomic E-state index is 0.00565. The molecule has 5 rings (SSSR count). The Labute approximate surface area is 285 Å². The van der Waals surface area contributed by atoms with Crippen molar-refractivity contribution in [2.75, 3.05) is 27.2 Å². The number of urea groups is 1. The number of hydrogen-bond donors (Lipinski definition) is 3. The zero-order valence-electron chi connectivity index (χ0n) is 30.7. The summed E-state index contributed by atoms with van der Waals surface area (Å²) in [5, 5.41) is 16.2. The molecule has 0 bridgehead atoms. The van der Waals surface area contributed by atoms with Crippen LogP contribution >= 0.6 is 0 Å². The number of likely N-dealkylation sites (N-methyl/N-ethyl adjacent to an activating group) is 1. The second-order valence-electron chi connectivity index (χ2n) is 17.7. The van der Waals surface area contributed by atoms with Gasteiger partial charge in [-0.2, -0.15) is 0 Å². The zero-order valence-corrected chi connectivity index (χ0v) is 30.7. The lowest BCUT2D eigenvalue weighted by molar-refractivity contribution is -0.205. The SMILES string of the molecule is C=C(C)CCCC1(NC(=O)NCCN(C)C)CCC2(C)C(CCC3C4(C)CC=C(c5ccc(C(=O)O)cc5)C(C)(C)C4CCC32C)C1. The van der Waals surface area contributed by atoms with Crippen LogP contribution in [0.25, 0.3) is 5.57 Å². The number of benzene rings is 1. The molecule has 3 saturated carbocycles. The van der Waals surface area contributed by atoms with Gasteiger partial charge in [-0.15, -0.1) is 6.58 Å². The summed E-state index contributed by atoms with van der Waals surface area (Å²) in [6, 6.07) is 7.53. The Morgan fingerprint density at radius 2 is 1.66 bits per heavy atom. The number of carbonyl (C=O) groups is 2. The van der Waals surface area contributed by atoms with Crippen LogP contribution in [-0.2, 0) is 0 Å². The minimum atomic E-state index is -0.873. The van der Waals surface area contributed by atoms with Gasteiger partial charge in [0.25, 0.3) is 0 Å². The summed E-state index contributed by atoms with van der Waals surface area (Å²) < 4.78 is 0. The van der Waals surface area contributed by atoms with E-state index in [2.05, 4.69) is 69.7 Å². The van der Waals surface area contributed by atoms with Crippen LogP contribution in [0.3, 0.4) is 0 Å². The second-order valence-corrected chi connectivity index (χ2v) is 17.7. The van der Waals surface area contributed by atoms with Crippen LogP contribution in [0.15, 0.2) is 42.5 Å².